The Morgan fingerprint density at radius 2 is 2.40 bits per heavy atom. The summed E-state index contributed by atoms with van der Waals surface area (Å²) in [7, 11) is 0. The molecular formula is C7H5IN2. The van der Waals surface area contributed by atoms with E-state index in [2.05, 4.69) is 32.6 Å². The predicted octanol–water partition coefficient (Wildman–Crippen LogP) is 2.17. The Morgan fingerprint density at radius 1 is 1.50 bits per heavy atom. The van der Waals surface area contributed by atoms with Gasteiger partial charge in [-0.3, -0.25) is 4.98 Å². The molecule has 0 fully saturated rings. The topological polar surface area (TPSA) is 28.7 Å². The standard InChI is InChI=1S/C7H5IN2/c8-7-4-6-5(10-7)2-1-3-9-6/h1-4,10H. The molecule has 2 heterocycles. The number of pyridine rings is 1. The first-order chi connectivity index (χ1) is 4.86. The van der Waals surface area contributed by atoms with E-state index in [1.54, 1.807) is 6.20 Å². The van der Waals surface area contributed by atoms with Crippen LogP contribution >= 0.6 is 22.6 Å². The van der Waals surface area contributed by atoms with Crippen LogP contribution in [-0.4, -0.2) is 9.97 Å². The van der Waals surface area contributed by atoms with Crippen molar-refractivity contribution < 1.29 is 0 Å². The van der Waals surface area contributed by atoms with E-state index < -0.39 is 0 Å². The van der Waals surface area contributed by atoms with Crippen LogP contribution in [0.1, 0.15) is 0 Å². The van der Waals surface area contributed by atoms with Crippen LogP contribution in [0.25, 0.3) is 11.0 Å². The van der Waals surface area contributed by atoms with E-state index in [1.807, 2.05) is 18.2 Å². The molecule has 0 saturated heterocycles. The quantitative estimate of drug-likeness (QED) is 0.707. The monoisotopic (exact) mass is 244 g/mol. The summed E-state index contributed by atoms with van der Waals surface area (Å²) < 4.78 is 1.13. The highest BCUT2D eigenvalue weighted by molar-refractivity contribution is 14.1. The molecule has 0 bridgehead atoms. The maximum absolute atomic E-state index is 4.17. The van der Waals surface area contributed by atoms with Gasteiger partial charge in [-0.1, -0.05) is 0 Å². The predicted molar refractivity (Wildman–Crippen MR) is 48.8 cm³/mol. The van der Waals surface area contributed by atoms with Gasteiger partial charge < -0.3 is 4.98 Å². The summed E-state index contributed by atoms with van der Waals surface area (Å²) >= 11 is 2.24. The molecule has 50 valence electrons. The molecule has 0 amide bonds. The Hall–Kier alpha value is -0.580. The van der Waals surface area contributed by atoms with Crippen LogP contribution in [0.5, 0.6) is 0 Å². The second-order valence-electron chi connectivity index (χ2n) is 2.05. The molecule has 2 aromatic rings. The number of aromatic nitrogens is 2. The van der Waals surface area contributed by atoms with Crippen molar-refractivity contribution >= 4 is 33.6 Å². The first-order valence-corrected chi connectivity index (χ1v) is 4.03. The fraction of sp³-hybridized carbons (Fsp3) is 0. The largest absolute Gasteiger partial charge is 0.349 e. The van der Waals surface area contributed by atoms with Gasteiger partial charge in [0.15, 0.2) is 0 Å². The zero-order valence-corrected chi connectivity index (χ0v) is 7.29. The van der Waals surface area contributed by atoms with Crippen molar-refractivity contribution in [2.45, 2.75) is 0 Å². The lowest BCUT2D eigenvalue weighted by molar-refractivity contribution is 1.39. The van der Waals surface area contributed by atoms with E-state index in [1.165, 1.54) is 0 Å². The van der Waals surface area contributed by atoms with Gasteiger partial charge in [0.1, 0.15) is 0 Å². The van der Waals surface area contributed by atoms with E-state index in [-0.39, 0.29) is 0 Å². The van der Waals surface area contributed by atoms with Crippen LogP contribution in [-0.2, 0) is 0 Å². The van der Waals surface area contributed by atoms with E-state index >= 15 is 0 Å². The molecule has 0 aliphatic heterocycles. The van der Waals surface area contributed by atoms with Gasteiger partial charge in [0.25, 0.3) is 0 Å². The molecule has 10 heavy (non-hydrogen) atoms. The molecule has 0 aliphatic carbocycles. The highest BCUT2D eigenvalue weighted by atomic mass is 127. The van der Waals surface area contributed by atoms with Gasteiger partial charge in [0.05, 0.1) is 14.7 Å². The molecule has 0 aliphatic rings. The number of fused-ring (bicyclic) bond motifs is 1. The second-order valence-corrected chi connectivity index (χ2v) is 3.22. The average Bonchev–Trinajstić information content (AvgIpc) is 2.27. The maximum atomic E-state index is 4.17. The number of nitrogens with one attached hydrogen (secondary N) is 1. The smallest absolute Gasteiger partial charge is 0.0889 e. The minimum atomic E-state index is 1.03. The van der Waals surface area contributed by atoms with Crippen LogP contribution in [0.3, 0.4) is 0 Å². The summed E-state index contributed by atoms with van der Waals surface area (Å²) in [6.07, 6.45) is 1.80. The Balaban J connectivity index is 2.88. The van der Waals surface area contributed by atoms with Gasteiger partial charge >= 0.3 is 0 Å². The van der Waals surface area contributed by atoms with Gasteiger partial charge in [-0.15, -0.1) is 0 Å². The Bertz CT molecular complexity index is 320. The van der Waals surface area contributed by atoms with Crippen molar-refractivity contribution in [3.05, 3.63) is 28.1 Å². The average molecular weight is 244 g/mol. The number of H-pyrrole nitrogens is 1. The number of aromatic amines is 1. The lowest BCUT2D eigenvalue weighted by Gasteiger charge is -1.82. The SMILES string of the molecule is Ic1cc2ncccc2[nH]1. The second kappa shape index (κ2) is 2.23. The van der Waals surface area contributed by atoms with Gasteiger partial charge in [-0.25, -0.2) is 0 Å². The fourth-order valence-corrected chi connectivity index (χ4v) is 1.51. The zero-order valence-electron chi connectivity index (χ0n) is 5.13. The van der Waals surface area contributed by atoms with Crippen molar-refractivity contribution in [2.75, 3.05) is 0 Å². The van der Waals surface area contributed by atoms with Gasteiger partial charge in [0, 0.05) is 6.20 Å². The number of nitrogens with zero attached hydrogens (tertiary/aromatic N) is 1. The molecule has 0 atom stereocenters. The third kappa shape index (κ3) is 0.901. The minimum absolute atomic E-state index is 1.03. The lowest BCUT2D eigenvalue weighted by Crippen LogP contribution is -1.69. The molecule has 2 aromatic heterocycles. The highest BCUT2D eigenvalue weighted by Gasteiger charge is 1.95. The zero-order chi connectivity index (χ0) is 6.97. The van der Waals surface area contributed by atoms with Crippen molar-refractivity contribution in [3.63, 3.8) is 0 Å². The summed E-state index contributed by atoms with van der Waals surface area (Å²) in [6.45, 7) is 0. The summed E-state index contributed by atoms with van der Waals surface area (Å²) in [5.74, 6) is 0. The van der Waals surface area contributed by atoms with Crippen LogP contribution in [0.2, 0.25) is 0 Å². The Morgan fingerprint density at radius 3 is 3.20 bits per heavy atom. The molecule has 0 spiro atoms. The van der Waals surface area contributed by atoms with Gasteiger partial charge in [-0.05, 0) is 40.8 Å². The van der Waals surface area contributed by atoms with Gasteiger partial charge in [-0.2, -0.15) is 0 Å². The van der Waals surface area contributed by atoms with Crippen molar-refractivity contribution in [2.24, 2.45) is 0 Å². The van der Waals surface area contributed by atoms with Crippen LogP contribution < -0.4 is 0 Å². The number of halogens is 1. The minimum Gasteiger partial charge on any atom is -0.349 e. The van der Waals surface area contributed by atoms with E-state index in [9.17, 15) is 0 Å². The molecule has 1 N–H and O–H groups in total. The molecule has 0 aromatic carbocycles. The van der Waals surface area contributed by atoms with E-state index in [0.29, 0.717) is 0 Å². The molecule has 3 heteroatoms. The Kier molecular flexibility index (Phi) is 1.37. The first-order valence-electron chi connectivity index (χ1n) is 2.95. The highest BCUT2D eigenvalue weighted by Crippen LogP contribution is 2.12. The van der Waals surface area contributed by atoms with Crippen molar-refractivity contribution in [1.82, 2.24) is 9.97 Å². The number of hydrogen-bond acceptors (Lipinski definition) is 1. The fourth-order valence-electron chi connectivity index (χ4n) is 0.923. The van der Waals surface area contributed by atoms with E-state index in [4.69, 9.17) is 0 Å². The molecule has 0 unspecified atom stereocenters. The number of hydrogen-bond donors (Lipinski definition) is 1. The third-order valence-corrected chi connectivity index (χ3v) is 1.94. The van der Waals surface area contributed by atoms with Crippen LogP contribution in [0, 0.1) is 3.70 Å². The molecule has 0 radical (unpaired) electrons. The van der Waals surface area contributed by atoms with E-state index in [0.717, 1.165) is 14.7 Å². The van der Waals surface area contributed by atoms with Crippen molar-refractivity contribution in [1.29, 1.82) is 0 Å². The lowest BCUT2D eigenvalue weighted by atomic mass is 10.4. The summed E-state index contributed by atoms with van der Waals surface area (Å²) in [6, 6.07) is 5.97. The van der Waals surface area contributed by atoms with Crippen LogP contribution in [0.15, 0.2) is 24.4 Å². The molecule has 2 rings (SSSR count). The molecule has 0 saturated carbocycles. The summed E-state index contributed by atoms with van der Waals surface area (Å²) in [5, 5.41) is 0. The third-order valence-electron chi connectivity index (χ3n) is 1.36. The first kappa shape index (κ1) is 6.15. The van der Waals surface area contributed by atoms with Crippen LogP contribution in [0.4, 0.5) is 0 Å². The molecular weight excluding hydrogens is 239 g/mol. The van der Waals surface area contributed by atoms with Gasteiger partial charge in [0.2, 0.25) is 0 Å². The number of rotatable bonds is 0. The Labute approximate surface area is 71.8 Å². The molecule has 2 nitrogen and oxygen atoms in total. The maximum Gasteiger partial charge on any atom is 0.0889 e. The summed E-state index contributed by atoms with van der Waals surface area (Å²) in [4.78, 5) is 7.35. The normalized spacial score (nSPS) is 10.5. The summed E-state index contributed by atoms with van der Waals surface area (Å²) in [5.41, 5.74) is 2.14. The van der Waals surface area contributed by atoms with Crippen molar-refractivity contribution in [3.8, 4) is 0 Å².